The van der Waals surface area contributed by atoms with Gasteiger partial charge in [0.1, 0.15) is 12.2 Å². The highest BCUT2D eigenvalue weighted by Gasteiger charge is 2.25. The first kappa shape index (κ1) is 12.0. The van der Waals surface area contributed by atoms with Crippen LogP contribution in [0.5, 0.6) is 0 Å². The second kappa shape index (κ2) is 5.11. The predicted octanol–water partition coefficient (Wildman–Crippen LogP) is 1.25. The molecule has 7 heteroatoms. The van der Waals surface area contributed by atoms with Crippen LogP contribution in [-0.4, -0.2) is 27.5 Å². The van der Waals surface area contributed by atoms with Crippen molar-refractivity contribution in [3.05, 3.63) is 12.2 Å². The molecule has 0 spiro atoms. The number of hydrogen-bond acceptors (Lipinski definition) is 3. The fraction of sp³-hybridized carbons (Fsp3) is 0.750. The largest absolute Gasteiger partial charge is 0.389 e. The van der Waals surface area contributed by atoms with Gasteiger partial charge < -0.3 is 5.32 Å². The molecule has 0 fully saturated rings. The van der Waals surface area contributed by atoms with E-state index >= 15 is 0 Å². The quantitative estimate of drug-likeness (QED) is 0.762. The summed E-state index contributed by atoms with van der Waals surface area (Å²) in [5.41, 5.74) is 0. The molecule has 0 bridgehead atoms. The van der Waals surface area contributed by atoms with Crippen LogP contribution in [0.25, 0.3) is 0 Å². The van der Waals surface area contributed by atoms with E-state index in [4.69, 9.17) is 0 Å². The van der Waals surface area contributed by atoms with E-state index in [1.54, 1.807) is 11.7 Å². The maximum absolute atomic E-state index is 11.8. The van der Waals surface area contributed by atoms with Crippen molar-refractivity contribution >= 4 is 0 Å². The van der Waals surface area contributed by atoms with Crippen molar-refractivity contribution in [1.29, 1.82) is 0 Å². The van der Waals surface area contributed by atoms with Crippen molar-refractivity contribution < 1.29 is 13.2 Å². The Morgan fingerprint density at radius 3 is 2.73 bits per heavy atom. The predicted molar refractivity (Wildman–Crippen MR) is 48.0 cm³/mol. The lowest BCUT2D eigenvalue weighted by atomic mass is 10.3. The molecule has 1 aromatic rings. The summed E-state index contributed by atoms with van der Waals surface area (Å²) >= 11 is 0. The van der Waals surface area contributed by atoms with Crippen LogP contribution in [-0.2, 0) is 13.6 Å². The van der Waals surface area contributed by atoms with E-state index < -0.39 is 12.6 Å². The van der Waals surface area contributed by atoms with E-state index in [1.165, 1.54) is 6.33 Å². The first-order valence-corrected chi connectivity index (χ1v) is 4.59. The van der Waals surface area contributed by atoms with Gasteiger partial charge in [0.2, 0.25) is 0 Å². The Labute approximate surface area is 85.5 Å². The molecule has 4 nitrogen and oxygen atoms in total. The van der Waals surface area contributed by atoms with Gasteiger partial charge in [0, 0.05) is 13.5 Å². The average Bonchev–Trinajstić information content (AvgIpc) is 2.49. The number of nitrogens with one attached hydrogen (secondary N) is 1. The molecule has 0 saturated heterocycles. The second-order valence-electron chi connectivity index (χ2n) is 3.20. The average molecular weight is 222 g/mol. The highest BCUT2D eigenvalue weighted by atomic mass is 19.4. The molecule has 0 unspecified atom stereocenters. The van der Waals surface area contributed by atoms with Gasteiger partial charge in [0.25, 0.3) is 0 Å². The van der Waals surface area contributed by atoms with Gasteiger partial charge in [-0.1, -0.05) is 0 Å². The number of nitrogens with zero attached hydrogens (tertiary/aromatic N) is 3. The lowest BCUT2D eigenvalue weighted by Crippen LogP contribution is -2.19. The summed E-state index contributed by atoms with van der Waals surface area (Å²) in [5, 5.41) is 6.72. The van der Waals surface area contributed by atoms with Crippen LogP contribution >= 0.6 is 0 Å². The third-order valence-corrected chi connectivity index (χ3v) is 1.90. The Morgan fingerprint density at radius 2 is 2.20 bits per heavy atom. The zero-order chi connectivity index (χ0) is 11.3. The van der Waals surface area contributed by atoms with Gasteiger partial charge >= 0.3 is 6.18 Å². The summed E-state index contributed by atoms with van der Waals surface area (Å²) in [7, 11) is 1.74. The highest BCUT2D eigenvalue weighted by molar-refractivity contribution is 4.81. The SMILES string of the molecule is Cn1ncnc1CNCCCC(F)(F)F. The number of alkyl halides is 3. The molecule has 0 amide bonds. The summed E-state index contributed by atoms with van der Waals surface area (Å²) in [6.07, 6.45) is -3.32. The fourth-order valence-electron chi connectivity index (χ4n) is 1.09. The molecule has 0 aliphatic heterocycles. The standard InChI is InChI=1S/C8H13F3N4/c1-15-7(13-6-14-15)5-12-4-2-3-8(9,10)11/h6,12H,2-5H2,1H3. The normalized spacial score (nSPS) is 12.0. The van der Waals surface area contributed by atoms with Crippen molar-refractivity contribution in [2.75, 3.05) is 6.54 Å². The van der Waals surface area contributed by atoms with Crippen molar-refractivity contribution in [3.8, 4) is 0 Å². The molecule has 86 valence electrons. The van der Waals surface area contributed by atoms with Crippen LogP contribution in [0.2, 0.25) is 0 Å². The van der Waals surface area contributed by atoms with Crippen LogP contribution in [0.1, 0.15) is 18.7 Å². The molecule has 0 aromatic carbocycles. The minimum Gasteiger partial charge on any atom is -0.310 e. The first-order chi connectivity index (χ1) is 6.99. The summed E-state index contributed by atoms with van der Waals surface area (Å²) in [5.74, 6) is 0.710. The molecule has 0 aliphatic carbocycles. The number of aromatic nitrogens is 3. The lowest BCUT2D eigenvalue weighted by molar-refractivity contribution is -0.135. The maximum Gasteiger partial charge on any atom is 0.389 e. The van der Waals surface area contributed by atoms with Gasteiger partial charge in [-0.15, -0.1) is 0 Å². The van der Waals surface area contributed by atoms with Crippen molar-refractivity contribution in [3.63, 3.8) is 0 Å². The van der Waals surface area contributed by atoms with E-state index in [-0.39, 0.29) is 6.42 Å². The molecule has 0 atom stereocenters. The Balaban J connectivity index is 2.10. The van der Waals surface area contributed by atoms with Gasteiger partial charge in [0.05, 0.1) is 6.54 Å². The van der Waals surface area contributed by atoms with E-state index in [0.717, 1.165) is 0 Å². The van der Waals surface area contributed by atoms with Gasteiger partial charge in [0.15, 0.2) is 0 Å². The number of hydrogen-bond donors (Lipinski definition) is 1. The summed E-state index contributed by atoms with van der Waals surface area (Å²) < 4.78 is 36.9. The van der Waals surface area contributed by atoms with Gasteiger partial charge in [-0.05, 0) is 13.0 Å². The third-order valence-electron chi connectivity index (χ3n) is 1.90. The Morgan fingerprint density at radius 1 is 1.47 bits per heavy atom. The first-order valence-electron chi connectivity index (χ1n) is 4.59. The Kier molecular flexibility index (Phi) is 4.07. The third kappa shape index (κ3) is 4.78. The molecule has 0 saturated carbocycles. The van der Waals surface area contributed by atoms with Gasteiger partial charge in [-0.2, -0.15) is 18.3 Å². The highest BCUT2D eigenvalue weighted by Crippen LogP contribution is 2.20. The molecule has 0 aliphatic rings. The second-order valence-corrected chi connectivity index (χ2v) is 3.20. The number of aryl methyl sites for hydroxylation is 1. The molecule has 1 heterocycles. The molecule has 1 rings (SSSR count). The topological polar surface area (TPSA) is 42.7 Å². The summed E-state index contributed by atoms with van der Waals surface area (Å²) in [4.78, 5) is 3.93. The number of rotatable bonds is 5. The van der Waals surface area contributed by atoms with Crippen LogP contribution in [0.3, 0.4) is 0 Å². The molecule has 1 aromatic heterocycles. The molecular weight excluding hydrogens is 209 g/mol. The monoisotopic (exact) mass is 222 g/mol. The smallest absolute Gasteiger partial charge is 0.310 e. The fourth-order valence-corrected chi connectivity index (χ4v) is 1.09. The van der Waals surface area contributed by atoms with Gasteiger partial charge in [-0.25, -0.2) is 4.98 Å². The van der Waals surface area contributed by atoms with Crippen LogP contribution in [0.4, 0.5) is 13.2 Å². The minimum atomic E-state index is -4.06. The van der Waals surface area contributed by atoms with Crippen LogP contribution < -0.4 is 5.32 Å². The van der Waals surface area contributed by atoms with E-state index in [1.807, 2.05) is 0 Å². The van der Waals surface area contributed by atoms with Crippen molar-refractivity contribution in [1.82, 2.24) is 20.1 Å². The Hall–Kier alpha value is -1.11. The number of halogens is 3. The summed E-state index contributed by atoms with van der Waals surface area (Å²) in [6, 6.07) is 0. The van der Waals surface area contributed by atoms with E-state index in [2.05, 4.69) is 15.4 Å². The van der Waals surface area contributed by atoms with Crippen molar-refractivity contribution in [2.24, 2.45) is 7.05 Å². The van der Waals surface area contributed by atoms with Crippen LogP contribution in [0.15, 0.2) is 6.33 Å². The zero-order valence-corrected chi connectivity index (χ0v) is 8.38. The van der Waals surface area contributed by atoms with Gasteiger partial charge in [-0.3, -0.25) is 4.68 Å². The lowest BCUT2D eigenvalue weighted by Gasteiger charge is -2.06. The zero-order valence-electron chi connectivity index (χ0n) is 8.38. The minimum absolute atomic E-state index is 0.0847. The molecule has 1 N–H and O–H groups in total. The Bertz CT molecular complexity index is 294. The molecule has 0 radical (unpaired) electrons. The van der Waals surface area contributed by atoms with Crippen LogP contribution in [0, 0.1) is 0 Å². The molecular formula is C8H13F3N4. The molecule has 15 heavy (non-hydrogen) atoms. The maximum atomic E-state index is 11.8. The van der Waals surface area contributed by atoms with Crippen molar-refractivity contribution in [2.45, 2.75) is 25.6 Å². The summed E-state index contributed by atoms with van der Waals surface area (Å²) in [6.45, 7) is 0.765. The van der Waals surface area contributed by atoms with E-state index in [0.29, 0.717) is 18.9 Å². The van der Waals surface area contributed by atoms with E-state index in [9.17, 15) is 13.2 Å².